The van der Waals surface area contributed by atoms with E-state index in [1.54, 1.807) is 0 Å². The summed E-state index contributed by atoms with van der Waals surface area (Å²) >= 11 is 5.05. The Hall–Kier alpha value is -0.280. The molecule has 3 N–H and O–H groups in total. The molecular weight excluding hydrogens is 117 g/mol. The van der Waals surface area contributed by atoms with E-state index >= 15 is 0 Å². The zero-order chi connectivity index (χ0) is 6.08. The Morgan fingerprint density at radius 1 is 2.00 bits per heavy atom. The molecule has 0 fully saturated rings. The van der Waals surface area contributed by atoms with Crippen molar-refractivity contribution in [2.45, 2.75) is 11.9 Å². The minimum absolute atomic E-state index is 1.21. The molecule has 0 radical (unpaired) electrons. The highest BCUT2D eigenvalue weighted by atomic mass is 35.5. The van der Waals surface area contributed by atoms with Gasteiger partial charge in [-0.3, -0.25) is 0 Å². The molecule has 0 aliphatic carbocycles. The normalized spacial score (nSPS) is 18.1. The number of carbonyl (C=O) groups is 1. The van der Waals surface area contributed by atoms with Gasteiger partial charge in [0, 0.05) is 0 Å². The van der Waals surface area contributed by atoms with Crippen molar-refractivity contribution >= 4 is 17.6 Å². The Kier molecular flexibility index (Phi) is 1.61. The first-order valence-corrected chi connectivity index (χ1v) is 2.03. The third-order valence-corrected chi connectivity index (χ3v) is 0.580. The molecule has 0 aromatic carbocycles. The van der Waals surface area contributed by atoms with Crippen LogP contribution in [0.15, 0.2) is 0 Å². The molecule has 0 rings (SSSR count). The lowest BCUT2D eigenvalue weighted by atomic mass is 10.4. The molecule has 0 amide bonds. The van der Waals surface area contributed by atoms with Gasteiger partial charge >= 0.3 is 5.97 Å². The van der Waals surface area contributed by atoms with E-state index in [1.165, 1.54) is 6.92 Å². The predicted molar refractivity (Wildman–Crippen MR) is 26.1 cm³/mol. The summed E-state index contributed by atoms with van der Waals surface area (Å²) < 4.78 is 0. The first-order valence-electron chi connectivity index (χ1n) is 1.66. The first kappa shape index (κ1) is 6.72. The average molecular weight is 124 g/mol. The van der Waals surface area contributed by atoms with E-state index in [0.717, 1.165) is 0 Å². The lowest BCUT2D eigenvalue weighted by Gasteiger charge is -2.06. The van der Waals surface area contributed by atoms with Gasteiger partial charge in [0.05, 0.1) is 0 Å². The molecular formula is C3H6ClNO2. The van der Waals surface area contributed by atoms with Gasteiger partial charge in [0.15, 0.2) is 5.00 Å². The Balaban J connectivity index is 3.79. The van der Waals surface area contributed by atoms with Crippen molar-refractivity contribution < 1.29 is 9.90 Å². The lowest BCUT2D eigenvalue weighted by Crippen LogP contribution is -2.38. The van der Waals surface area contributed by atoms with Gasteiger partial charge in [0.25, 0.3) is 0 Å². The summed E-state index contributed by atoms with van der Waals surface area (Å²) in [6, 6.07) is 0. The highest BCUT2D eigenvalue weighted by Crippen LogP contribution is 2.02. The summed E-state index contributed by atoms with van der Waals surface area (Å²) in [6.07, 6.45) is 0. The lowest BCUT2D eigenvalue weighted by molar-refractivity contribution is -0.139. The Morgan fingerprint density at radius 3 is 2.14 bits per heavy atom. The number of hydrogen-bond donors (Lipinski definition) is 2. The third kappa shape index (κ3) is 2.42. The van der Waals surface area contributed by atoms with Crippen LogP contribution in [0.5, 0.6) is 0 Å². The summed E-state index contributed by atoms with van der Waals surface area (Å²) in [7, 11) is 0. The second-order valence-corrected chi connectivity index (χ2v) is 2.17. The average Bonchev–Trinajstić information content (AvgIpc) is 1.31. The Labute approximate surface area is 46.1 Å². The van der Waals surface area contributed by atoms with Crippen LogP contribution in [0.2, 0.25) is 0 Å². The molecule has 0 spiro atoms. The van der Waals surface area contributed by atoms with Gasteiger partial charge < -0.3 is 10.8 Å². The predicted octanol–water partition coefficient (Wildman–Crippen LogP) is -0.0153. The van der Waals surface area contributed by atoms with Crippen molar-refractivity contribution in [1.82, 2.24) is 0 Å². The van der Waals surface area contributed by atoms with E-state index in [9.17, 15) is 4.79 Å². The van der Waals surface area contributed by atoms with Crippen LogP contribution in [0.25, 0.3) is 0 Å². The summed E-state index contributed by atoms with van der Waals surface area (Å²) in [5.74, 6) is -1.21. The highest BCUT2D eigenvalue weighted by Gasteiger charge is 2.22. The molecule has 0 heterocycles. The fraction of sp³-hybridized carbons (Fsp3) is 0.667. The van der Waals surface area contributed by atoms with E-state index in [-0.39, 0.29) is 0 Å². The van der Waals surface area contributed by atoms with Gasteiger partial charge in [0.1, 0.15) is 0 Å². The molecule has 0 saturated carbocycles. The maximum absolute atomic E-state index is 9.76. The maximum Gasteiger partial charge on any atom is 0.339 e. The summed E-state index contributed by atoms with van der Waals surface area (Å²) in [5.41, 5.74) is 4.84. The van der Waals surface area contributed by atoms with E-state index in [2.05, 4.69) is 0 Å². The number of hydrogen-bond acceptors (Lipinski definition) is 2. The van der Waals surface area contributed by atoms with Crippen molar-refractivity contribution in [1.29, 1.82) is 0 Å². The molecule has 3 nitrogen and oxygen atoms in total. The van der Waals surface area contributed by atoms with Gasteiger partial charge in [-0.25, -0.2) is 4.79 Å². The number of nitrogens with two attached hydrogens (primary N) is 1. The Morgan fingerprint density at radius 2 is 2.14 bits per heavy atom. The van der Waals surface area contributed by atoms with E-state index in [0.29, 0.717) is 0 Å². The van der Waals surface area contributed by atoms with Crippen LogP contribution in [-0.2, 0) is 4.79 Å². The third-order valence-electron chi connectivity index (χ3n) is 0.418. The molecule has 0 aromatic rings. The molecule has 4 heteroatoms. The standard InChI is InChI=1S/C3H6ClNO2/c1-3(4,5)2(6)7/h5H2,1H3,(H,6,7). The molecule has 0 saturated heterocycles. The summed E-state index contributed by atoms with van der Waals surface area (Å²) in [5, 5.41) is 7.99. The van der Waals surface area contributed by atoms with Crippen molar-refractivity contribution in [3.05, 3.63) is 0 Å². The van der Waals surface area contributed by atoms with Crippen molar-refractivity contribution in [2.24, 2.45) is 5.73 Å². The molecule has 7 heavy (non-hydrogen) atoms. The van der Waals surface area contributed by atoms with Crippen molar-refractivity contribution in [3.63, 3.8) is 0 Å². The number of halogens is 1. The van der Waals surface area contributed by atoms with Gasteiger partial charge in [-0.2, -0.15) is 0 Å². The second-order valence-electron chi connectivity index (χ2n) is 1.38. The van der Waals surface area contributed by atoms with E-state index in [4.69, 9.17) is 22.4 Å². The summed E-state index contributed by atoms with van der Waals surface area (Å²) in [6.45, 7) is 1.21. The summed E-state index contributed by atoms with van der Waals surface area (Å²) in [4.78, 5) is 8.15. The number of alkyl halides is 1. The zero-order valence-corrected chi connectivity index (χ0v) is 4.57. The van der Waals surface area contributed by atoms with Crippen LogP contribution in [0.4, 0.5) is 0 Å². The van der Waals surface area contributed by atoms with Crippen molar-refractivity contribution in [2.75, 3.05) is 0 Å². The first-order chi connectivity index (χ1) is 2.94. The molecule has 1 unspecified atom stereocenters. The number of rotatable bonds is 1. The van der Waals surface area contributed by atoms with Crippen LogP contribution in [0, 0.1) is 0 Å². The van der Waals surface area contributed by atoms with E-state index in [1.807, 2.05) is 0 Å². The topological polar surface area (TPSA) is 63.3 Å². The van der Waals surface area contributed by atoms with E-state index < -0.39 is 11.0 Å². The molecule has 1 atom stereocenters. The van der Waals surface area contributed by atoms with Crippen LogP contribution in [0.1, 0.15) is 6.92 Å². The molecule has 0 aromatic heterocycles. The quantitative estimate of drug-likeness (QED) is 0.381. The van der Waals surface area contributed by atoms with Crippen LogP contribution in [-0.4, -0.2) is 16.1 Å². The Bertz CT molecular complexity index is 85.4. The fourth-order valence-corrected chi connectivity index (χ4v) is 0. The molecule has 0 bridgehead atoms. The van der Waals surface area contributed by atoms with Gasteiger partial charge in [-0.05, 0) is 6.92 Å². The van der Waals surface area contributed by atoms with Gasteiger partial charge in [-0.1, -0.05) is 11.6 Å². The van der Waals surface area contributed by atoms with Gasteiger partial charge in [0.2, 0.25) is 0 Å². The maximum atomic E-state index is 9.76. The SMILES string of the molecule is CC(N)(Cl)C(=O)O. The minimum atomic E-state index is -1.61. The minimum Gasteiger partial charge on any atom is -0.479 e. The zero-order valence-electron chi connectivity index (χ0n) is 3.81. The fourth-order valence-electron chi connectivity index (χ4n) is 0. The van der Waals surface area contributed by atoms with Crippen LogP contribution >= 0.6 is 11.6 Å². The highest BCUT2D eigenvalue weighted by molar-refractivity contribution is 6.32. The van der Waals surface area contributed by atoms with Crippen LogP contribution < -0.4 is 5.73 Å². The number of aliphatic carboxylic acids is 1. The molecule has 0 aliphatic rings. The monoisotopic (exact) mass is 123 g/mol. The second kappa shape index (κ2) is 1.68. The molecule has 42 valence electrons. The van der Waals surface area contributed by atoms with Crippen LogP contribution in [0.3, 0.4) is 0 Å². The number of carboxylic acids is 1. The smallest absolute Gasteiger partial charge is 0.339 e. The van der Waals surface area contributed by atoms with Gasteiger partial charge in [-0.15, -0.1) is 0 Å². The number of carboxylic acid groups (broad SMARTS) is 1. The molecule has 0 aliphatic heterocycles. The van der Waals surface area contributed by atoms with Crippen molar-refractivity contribution in [3.8, 4) is 0 Å². The largest absolute Gasteiger partial charge is 0.479 e.